The van der Waals surface area contributed by atoms with Crippen LogP contribution in [0.5, 0.6) is 0 Å². The summed E-state index contributed by atoms with van der Waals surface area (Å²) < 4.78 is 8.21. The molecule has 4 aromatic rings. The van der Waals surface area contributed by atoms with Gasteiger partial charge in [-0.3, -0.25) is 9.59 Å². The summed E-state index contributed by atoms with van der Waals surface area (Å²) in [6, 6.07) is 19.4. The van der Waals surface area contributed by atoms with Gasteiger partial charge >= 0.3 is 0 Å². The summed E-state index contributed by atoms with van der Waals surface area (Å²) in [4.78, 5) is 32.9. The molecule has 0 saturated heterocycles. The van der Waals surface area contributed by atoms with Crippen molar-refractivity contribution in [1.82, 2.24) is 9.55 Å². The third kappa shape index (κ3) is 4.48. The second-order valence-electron chi connectivity index (χ2n) is 8.80. The zero-order chi connectivity index (χ0) is 23.7. The summed E-state index contributed by atoms with van der Waals surface area (Å²) in [7, 11) is 0. The highest BCUT2D eigenvalue weighted by Crippen LogP contribution is 2.35. The molecule has 0 spiro atoms. The number of nitrogens with zero attached hydrogens (tertiary/aromatic N) is 2. The monoisotopic (exact) mass is 490 g/mol. The molecule has 0 radical (unpaired) electrons. The molecular formula is C27H26N2O3S2. The van der Waals surface area contributed by atoms with E-state index < -0.39 is 0 Å². The third-order valence-electron chi connectivity index (χ3n) is 6.39. The Labute approximate surface area is 206 Å². The Bertz CT molecular complexity index is 1400. The fourth-order valence-electron chi connectivity index (χ4n) is 4.16. The lowest BCUT2D eigenvalue weighted by atomic mass is 9.91. The van der Waals surface area contributed by atoms with Gasteiger partial charge in [0.05, 0.1) is 24.5 Å². The summed E-state index contributed by atoms with van der Waals surface area (Å²) in [6.45, 7) is 5.18. The highest BCUT2D eigenvalue weighted by atomic mass is 32.2. The average molecular weight is 491 g/mol. The molecule has 5 nitrogen and oxygen atoms in total. The Morgan fingerprint density at radius 1 is 1.15 bits per heavy atom. The number of benzene rings is 2. The van der Waals surface area contributed by atoms with E-state index in [1.807, 2.05) is 48.5 Å². The van der Waals surface area contributed by atoms with E-state index in [2.05, 4.69) is 30.5 Å². The highest BCUT2D eigenvalue weighted by Gasteiger charge is 2.33. The molecule has 0 amide bonds. The Morgan fingerprint density at radius 2 is 1.85 bits per heavy atom. The van der Waals surface area contributed by atoms with Gasteiger partial charge in [0.2, 0.25) is 5.43 Å². The van der Waals surface area contributed by atoms with E-state index in [-0.39, 0.29) is 22.6 Å². The first-order valence-corrected chi connectivity index (χ1v) is 13.2. The SMILES string of the molecule is CCC1(C)Cc2c(sc3c(nc(SCC(=O)c4ccccc4)n3Cc3ccccc3)c2=O)CO1. The number of ether oxygens (including phenoxy) is 1. The van der Waals surface area contributed by atoms with Gasteiger partial charge in [0.15, 0.2) is 10.9 Å². The molecule has 0 fully saturated rings. The van der Waals surface area contributed by atoms with E-state index in [0.717, 1.165) is 27.3 Å². The van der Waals surface area contributed by atoms with Crippen molar-refractivity contribution < 1.29 is 9.53 Å². The van der Waals surface area contributed by atoms with Crippen LogP contribution in [0.15, 0.2) is 70.6 Å². The smallest absolute Gasteiger partial charge is 0.211 e. The minimum atomic E-state index is -0.321. The molecule has 1 aliphatic rings. The number of carbonyl (C=O) groups excluding carboxylic acids is 1. The van der Waals surface area contributed by atoms with E-state index in [1.165, 1.54) is 11.8 Å². The summed E-state index contributed by atoms with van der Waals surface area (Å²) in [6.07, 6.45) is 1.45. The summed E-state index contributed by atoms with van der Waals surface area (Å²) in [5, 5.41) is 0.693. The van der Waals surface area contributed by atoms with Crippen molar-refractivity contribution in [3.8, 4) is 0 Å². The number of hydrogen-bond acceptors (Lipinski definition) is 6. The molecule has 0 N–H and O–H groups in total. The van der Waals surface area contributed by atoms with Crippen LogP contribution in [0.1, 0.15) is 46.6 Å². The predicted octanol–water partition coefficient (Wildman–Crippen LogP) is 5.72. The number of Topliss-reactive ketones (excluding diaryl/α,β-unsaturated/α-hetero) is 1. The average Bonchev–Trinajstić information content (AvgIpc) is 3.21. The number of fused-ring (bicyclic) bond motifs is 2. The molecule has 2 aromatic carbocycles. The van der Waals surface area contributed by atoms with E-state index in [9.17, 15) is 9.59 Å². The van der Waals surface area contributed by atoms with Crippen LogP contribution in [0, 0.1) is 0 Å². The first kappa shape index (κ1) is 23.0. The third-order valence-corrected chi connectivity index (χ3v) is 8.59. The topological polar surface area (TPSA) is 61.2 Å². The molecule has 34 heavy (non-hydrogen) atoms. The van der Waals surface area contributed by atoms with Crippen LogP contribution in [0.25, 0.3) is 10.3 Å². The second-order valence-corrected chi connectivity index (χ2v) is 10.8. The lowest BCUT2D eigenvalue weighted by Gasteiger charge is -2.33. The van der Waals surface area contributed by atoms with Crippen LogP contribution in [0.2, 0.25) is 0 Å². The summed E-state index contributed by atoms with van der Waals surface area (Å²) in [5.41, 5.74) is 2.79. The number of hydrogen-bond donors (Lipinski definition) is 0. The minimum Gasteiger partial charge on any atom is -0.369 e. The Kier molecular flexibility index (Phi) is 6.42. The van der Waals surface area contributed by atoms with Gasteiger partial charge in [0.25, 0.3) is 0 Å². The Hall–Kier alpha value is -2.74. The summed E-state index contributed by atoms with van der Waals surface area (Å²) in [5.74, 6) is 0.305. The molecule has 5 rings (SSSR count). The predicted molar refractivity (Wildman–Crippen MR) is 138 cm³/mol. The number of imidazole rings is 1. The molecule has 0 aliphatic carbocycles. The lowest BCUT2D eigenvalue weighted by Crippen LogP contribution is -2.37. The van der Waals surface area contributed by atoms with E-state index in [4.69, 9.17) is 9.72 Å². The maximum absolute atomic E-state index is 13.6. The van der Waals surface area contributed by atoms with Crippen molar-refractivity contribution in [2.75, 3.05) is 5.75 Å². The van der Waals surface area contributed by atoms with Crippen LogP contribution in [-0.2, 0) is 24.3 Å². The molecule has 0 saturated carbocycles. The molecule has 7 heteroatoms. The number of aromatic nitrogens is 2. The van der Waals surface area contributed by atoms with Crippen molar-refractivity contribution >= 4 is 39.2 Å². The van der Waals surface area contributed by atoms with Crippen LogP contribution in [-0.4, -0.2) is 26.7 Å². The fourth-order valence-corrected chi connectivity index (χ4v) is 6.25. The quantitative estimate of drug-likeness (QED) is 0.245. The second kappa shape index (κ2) is 9.49. The van der Waals surface area contributed by atoms with E-state index in [0.29, 0.717) is 35.8 Å². The van der Waals surface area contributed by atoms with Crippen LogP contribution in [0.3, 0.4) is 0 Å². The Morgan fingerprint density at radius 3 is 2.56 bits per heavy atom. The van der Waals surface area contributed by atoms with Crippen molar-refractivity contribution in [2.45, 2.75) is 50.6 Å². The van der Waals surface area contributed by atoms with Gasteiger partial charge in [-0.2, -0.15) is 0 Å². The number of ketones is 1. The van der Waals surface area contributed by atoms with Gasteiger partial charge in [-0.05, 0) is 18.9 Å². The molecule has 1 atom stereocenters. The minimum absolute atomic E-state index is 0.00484. The van der Waals surface area contributed by atoms with Gasteiger partial charge < -0.3 is 9.30 Å². The van der Waals surface area contributed by atoms with Crippen molar-refractivity contribution in [1.29, 1.82) is 0 Å². The molecular weight excluding hydrogens is 464 g/mol. The van der Waals surface area contributed by atoms with Crippen LogP contribution >= 0.6 is 23.1 Å². The maximum atomic E-state index is 13.6. The van der Waals surface area contributed by atoms with Gasteiger partial charge in [-0.15, -0.1) is 11.3 Å². The van der Waals surface area contributed by atoms with Gasteiger partial charge in [-0.1, -0.05) is 79.3 Å². The van der Waals surface area contributed by atoms with E-state index in [1.54, 1.807) is 11.3 Å². The van der Waals surface area contributed by atoms with Crippen molar-refractivity contribution in [3.05, 3.63) is 92.5 Å². The molecule has 1 aliphatic heterocycles. The van der Waals surface area contributed by atoms with Gasteiger partial charge in [-0.25, -0.2) is 4.98 Å². The maximum Gasteiger partial charge on any atom is 0.211 e. The molecule has 2 aromatic heterocycles. The molecule has 1 unspecified atom stereocenters. The van der Waals surface area contributed by atoms with E-state index >= 15 is 0 Å². The number of thioether (sulfide) groups is 1. The zero-order valence-electron chi connectivity index (χ0n) is 19.2. The first-order valence-electron chi connectivity index (χ1n) is 11.4. The molecule has 174 valence electrons. The molecule has 3 heterocycles. The van der Waals surface area contributed by atoms with Crippen LogP contribution < -0.4 is 5.43 Å². The standard InChI is InChI=1S/C27H26N2O3S2/c1-3-27(2)14-20-22(16-32-27)34-25-23(24(20)31)28-26(29(25)15-18-10-6-4-7-11-18)33-17-21(30)19-12-8-5-9-13-19/h4-13H,3,14-17H2,1-2H3. The zero-order valence-corrected chi connectivity index (χ0v) is 20.9. The first-order chi connectivity index (χ1) is 16.5. The number of rotatable bonds is 7. The lowest BCUT2D eigenvalue weighted by molar-refractivity contribution is -0.0550. The van der Waals surface area contributed by atoms with Crippen LogP contribution in [0.4, 0.5) is 0 Å². The van der Waals surface area contributed by atoms with Gasteiger partial charge in [0.1, 0.15) is 10.3 Å². The fraction of sp³-hybridized carbons (Fsp3) is 0.296. The largest absolute Gasteiger partial charge is 0.369 e. The molecule has 0 bridgehead atoms. The Balaban J connectivity index is 1.56. The summed E-state index contributed by atoms with van der Waals surface area (Å²) >= 11 is 2.98. The highest BCUT2D eigenvalue weighted by molar-refractivity contribution is 7.99. The normalized spacial score (nSPS) is 17.6. The van der Waals surface area contributed by atoms with Crippen molar-refractivity contribution in [3.63, 3.8) is 0 Å². The van der Waals surface area contributed by atoms with Crippen molar-refractivity contribution in [2.24, 2.45) is 0 Å². The van der Waals surface area contributed by atoms with Gasteiger partial charge in [0, 0.05) is 22.4 Å². The number of carbonyl (C=O) groups is 1.